The van der Waals surface area contributed by atoms with Crippen molar-refractivity contribution in [1.82, 2.24) is 19.8 Å². The average molecular weight is 276 g/mol. The van der Waals surface area contributed by atoms with Crippen molar-refractivity contribution in [3.05, 3.63) is 18.2 Å². The highest BCUT2D eigenvalue weighted by atomic mass is 16.1. The van der Waals surface area contributed by atoms with Crippen LogP contribution in [0.3, 0.4) is 0 Å². The fourth-order valence-electron chi connectivity index (χ4n) is 3.66. The normalized spacial score (nSPS) is 27.1. The maximum atomic E-state index is 12.1. The zero-order chi connectivity index (χ0) is 13.9. The number of hydrogen-bond donors (Lipinski definition) is 1. The van der Waals surface area contributed by atoms with E-state index in [0.717, 1.165) is 6.54 Å². The molecule has 1 aromatic rings. The maximum absolute atomic E-state index is 12.1. The molecule has 3 rings (SSSR count). The Morgan fingerprint density at radius 3 is 3.00 bits per heavy atom. The van der Waals surface area contributed by atoms with Crippen molar-refractivity contribution < 1.29 is 4.79 Å². The van der Waals surface area contributed by atoms with Crippen LogP contribution in [-0.4, -0.2) is 46.0 Å². The molecule has 2 fully saturated rings. The van der Waals surface area contributed by atoms with Crippen molar-refractivity contribution in [3.63, 3.8) is 0 Å². The summed E-state index contributed by atoms with van der Waals surface area (Å²) < 4.78 is 1.80. The molecule has 0 spiro atoms. The summed E-state index contributed by atoms with van der Waals surface area (Å²) in [5.74, 6) is 0.565. The van der Waals surface area contributed by atoms with E-state index >= 15 is 0 Å². The molecule has 110 valence electrons. The molecule has 3 heterocycles. The Hall–Kier alpha value is -1.36. The third kappa shape index (κ3) is 2.87. The summed E-state index contributed by atoms with van der Waals surface area (Å²) in [7, 11) is 1.88. The second kappa shape index (κ2) is 5.95. The molecule has 2 atom stereocenters. The highest BCUT2D eigenvalue weighted by molar-refractivity contribution is 5.91. The highest BCUT2D eigenvalue weighted by Crippen LogP contribution is 2.30. The van der Waals surface area contributed by atoms with Crippen LogP contribution in [0, 0.1) is 5.92 Å². The van der Waals surface area contributed by atoms with Crippen LogP contribution in [0.5, 0.6) is 0 Å². The Bertz CT molecular complexity index is 468. The zero-order valence-electron chi connectivity index (χ0n) is 12.2. The summed E-state index contributed by atoms with van der Waals surface area (Å²) in [5.41, 5.74) is 0.517. The van der Waals surface area contributed by atoms with Crippen LogP contribution >= 0.6 is 0 Å². The summed E-state index contributed by atoms with van der Waals surface area (Å²) in [6, 6.07) is 0.682. The molecule has 2 aliphatic rings. The number of hydrogen-bond acceptors (Lipinski definition) is 3. The lowest BCUT2D eigenvalue weighted by Gasteiger charge is -2.44. The van der Waals surface area contributed by atoms with Gasteiger partial charge in [-0.2, -0.15) is 0 Å². The SMILES string of the molecule is Cn1cnc(C(=O)NC[C@@H]2CCCN3CCCC[C@H]23)c1. The number of aryl methyl sites for hydroxylation is 1. The molecule has 20 heavy (non-hydrogen) atoms. The number of fused-ring (bicyclic) bond motifs is 1. The van der Waals surface area contributed by atoms with Gasteiger partial charge in [0.05, 0.1) is 6.33 Å². The Morgan fingerprint density at radius 2 is 2.20 bits per heavy atom. The van der Waals surface area contributed by atoms with Gasteiger partial charge in [-0.1, -0.05) is 6.42 Å². The van der Waals surface area contributed by atoms with Gasteiger partial charge in [-0.15, -0.1) is 0 Å². The fourth-order valence-corrected chi connectivity index (χ4v) is 3.66. The summed E-state index contributed by atoms with van der Waals surface area (Å²) in [4.78, 5) is 18.8. The largest absolute Gasteiger partial charge is 0.350 e. The van der Waals surface area contributed by atoms with E-state index in [1.54, 1.807) is 17.1 Å². The average Bonchev–Trinajstić information content (AvgIpc) is 2.91. The van der Waals surface area contributed by atoms with Gasteiger partial charge in [0.2, 0.25) is 0 Å². The van der Waals surface area contributed by atoms with Crippen LogP contribution in [0.15, 0.2) is 12.5 Å². The topological polar surface area (TPSA) is 50.2 Å². The minimum absolute atomic E-state index is 0.0430. The van der Waals surface area contributed by atoms with Gasteiger partial charge < -0.3 is 14.8 Å². The molecule has 1 N–H and O–H groups in total. The Morgan fingerprint density at radius 1 is 1.35 bits per heavy atom. The lowest BCUT2D eigenvalue weighted by Crippen LogP contribution is -2.51. The van der Waals surface area contributed by atoms with Gasteiger partial charge in [0, 0.05) is 25.8 Å². The Labute approximate surface area is 120 Å². The maximum Gasteiger partial charge on any atom is 0.271 e. The molecule has 1 aromatic heterocycles. The zero-order valence-corrected chi connectivity index (χ0v) is 12.2. The van der Waals surface area contributed by atoms with Crippen molar-refractivity contribution in [3.8, 4) is 0 Å². The molecule has 2 aliphatic heterocycles. The molecule has 1 amide bonds. The van der Waals surface area contributed by atoms with E-state index in [2.05, 4.69) is 15.2 Å². The summed E-state index contributed by atoms with van der Waals surface area (Å²) in [6.45, 7) is 3.28. The monoisotopic (exact) mass is 276 g/mol. The van der Waals surface area contributed by atoms with Crippen molar-refractivity contribution in [2.45, 2.75) is 38.1 Å². The number of nitrogens with one attached hydrogen (secondary N) is 1. The number of piperidine rings is 2. The van der Waals surface area contributed by atoms with Crippen molar-refractivity contribution in [1.29, 1.82) is 0 Å². The molecule has 5 heteroatoms. The summed E-state index contributed by atoms with van der Waals surface area (Å²) in [6.07, 6.45) is 9.91. The van der Waals surface area contributed by atoms with E-state index in [1.807, 2.05) is 7.05 Å². The van der Waals surface area contributed by atoms with Crippen LogP contribution in [0.25, 0.3) is 0 Å². The van der Waals surface area contributed by atoms with Gasteiger partial charge in [0.25, 0.3) is 5.91 Å². The first-order chi connectivity index (χ1) is 9.74. The quantitative estimate of drug-likeness (QED) is 0.908. The molecular weight excluding hydrogens is 252 g/mol. The number of amides is 1. The number of nitrogens with zero attached hydrogens (tertiary/aromatic N) is 3. The summed E-state index contributed by atoms with van der Waals surface area (Å²) >= 11 is 0. The molecule has 0 bridgehead atoms. The standard InChI is InChI=1S/C15H24N4O/c1-18-10-13(17-11-18)15(20)16-9-12-5-4-8-19-7-3-2-6-14(12)19/h10-12,14H,2-9H2,1H3,(H,16,20)/t12-,14+/m0/s1. The van der Waals surface area contributed by atoms with Crippen LogP contribution < -0.4 is 5.32 Å². The highest BCUT2D eigenvalue weighted by Gasteiger charge is 2.32. The number of aromatic nitrogens is 2. The number of rotatable bonds is 3. The molecular formula is C15H24N4O. The van der Waals surface area contributed by atoms with E-state index in [4.69, 9.17) is 0 Å². The molecule has 0 saturated carbocycles. The predicted octanol–water partition coefficient (Wildman–Crippen LogP) is 1.41. The van der Waals surface area contributed by atoms with Crippen LogP contribution in [-0.2, 0) is 7.05 Å². The first kappa shape index (κ1) is 13.6. The molecule has 0 unspecified atom stereocenters. The van der Waals surface area contributed by atoms with Crippen LogP contribution in [0.1, 0.15) is 42.6 Å². The second-order valence-electron chi connectivity index (χ2n) is 6.14. The second-order valence-corrected chi connectivity index (χ2v) is 6.14. The van der Waals surface area contributed by atoms with Crippen LogP contribution in [0.2, 0.25) is 0 Å². The number of carbonyl (C=O) groups is 1. The number of carbonyl (C=O) groups excluding carboxylic acids is 1. The molecule has 2 saturated heterocycles. The first-order valence-corrected chi connectivity index (χ1v) is 7.74. The van der Waals surface area contributed by atoms with Gasteiger partial charge in [-0.25, -0.2) is 4.98 Å². The van der Waals surface area contributed by atoms with Gasteiger partial charge in [-0.05, 0) is 44.7 Å². The Kier molecular flexibility index (Phi) is 4.05. The first-order valence-electron chi connectivity index (χ1n) is 7.74. The Balaban J connectivity index is 1.55. The minimum Gasteiger partial charge on any atom is -0.350 e. The van der Waals surface area contributed by atoms with Gasteiger partial charge in [0.15, 0.2) is 0 Å². The molecule has 0 aromatic carbocycles. The molecule has 5 nitrogen and oxygen atoms in total. The van der Waals surface area contributed by atoms with Gasteiger partial charge in [0.1, 0.15) is 5.69 Å². The smallest absolute Gasteiger partial charge is 0.271 e. The van der Waals surface area contributed by atoms with E-state index < -0.39 is 0 Å². The van der Waals surface area contributed by atoms with Gasteiger partial charge >= 0.3 is 0 Å². The molecule has 0 radical (unpaired) electrons. The lowest BCUT2D eigenvalue weighted by molar-refractivity contribution is 0.0575. The summed E-state index contributed by atoms with van der Waals surface area (Å²) in [5, 5.41) is 3.07. The van der Waals surface area contributed by atoms with E-state index in [1.165, 1.54) is 45.2 Å². The number of imidazole rings is 1. The van der Waals surface area contributed by atoms with E-state index in [9.17, 15) is 4.79 Å². The fraction of sp³-hybridized carbons (Fsp3) is 0.733. The van der Waals surface area contributed by atoms with E-state index in [0.29, 0.717) is 17.7 Å². The minimum atomic E-state index is -0.0430. The van der Waals surface area contributed by atoms with E-state index in [-0.39, 0.29) is 5.91 Å². The predicted molar refractivity (Wildman–Crippen MR) is 77.5 cm³/mol. The third-order valence-corrected chi connectivity index (χ3v) is 4.69. The van der Waals surface area contributed by atoms with Crippen molar-refractivity contribution >= 4 is 5.91 Å². The third-order valence-electron chi connectivity index (χ3n) is 4.69. The van der Waals surface area contributed by atoms with Crippen molar-refractivity contribution in [2.24, 2.45) is 13.0 Å². The van der Waals surface area contributed by atoms with Crippen molar-refractivity contribution in [2.75, 3.05) is 19.6 Å². The van der Waals surface area contributed by atoms with Gasteiger partial charge in [-0.3, -0.25) is 4.79 Å². The lowest BCUT2D eigenvalue weighted by atomic mass is 9.83. The molecule has 0 aliphatic carbocycles. The van der Waals surface area contributed by atoms with Crippen LogP contribution in [0.4, 0.5) is 0 Å².